The van der Waals surface area contributed by atoms with Crippen LogP contribution in [0.3, 0.4) is 0 Å². The van der Waals surface area contributed by atoms with Crippen molar-refractivity contribution in [2.45, 2.75) is 6.92 Å². The Morgan fingerprint density at radius 2 is 1.75 bits per heavy atom. The Hall–Kier alpha value is 0.930. The Morgan fingerprint density at radius 3 is 1.75 bits per heavy atom. The average molecular weight is 85.1 g/mol. The number of hydrogen-bond acceptors (Lipinski definition) is 1. The van der Waals surface area contributed by atoms with E-state index in [9.17, 15) is 0 Å². The Morgan fingerprint density at radius 1 is 1.75 bits per heavy atom. The fraction of sp³-hybridized carbons (Fsp3) is 0.500. The summed E-state index contributed by atoms with van der Waals surface area (Å²) in [6.07, 6.45) is 1.50. The van der Waals surface area contributed by atoms with Gasteiger partial charge in [0.25, 0.3) is 0 Å². The molecule has 21 valence electrons. The molecule has 0 fully saturated rings. The summed E-state index contributed by atoms with van der Waals surface area (Å²) >= 11 is 0. The molecule has 0 aliphatic carbocycles. The van der Waals surface area contributed by atoms with E-state index in [2.05, 4.69) is 0 Å². The minimum atomic E-state index is 0. The maximum absolute atomic E-state index is 8.68. The van der Waals surface area contributed by atoms with Crippen LogP contribution < -0.4 is 0 Å². The van der Waals surface area contributed by atoms with Crippen LogP contribution in [0.1, 0.15) is 6.92 Å². The molecule has 0 rings (SSSR count). The first-order valence-electron chi connectivity index (χ1n) is 0.704. The van der Waals surface area contributed by atoms with Crippen LogP contribution in [0.25, 0.3) is 0 Å². The van der Waals surface area contributed by atoms with E-state index < -0.39 is 0 Å². The van der Waals surface area contributed by atoms with Gasteiger partial charge < -0.3 is 0 Å². The van der Waals surface area contributed by atoms with Gasteiger partial charge in [-0.25, -0.2) is 0 Å². The monoisotopic (exact) mass is 85.0 g/mol. The molecule has 1 radical (unpaired) electrons. The number of hydrogen-bond donors (Lipinski definition) is 0. The summed E-state index contributed by atoms with van der Waals surface area (Å²) in [6, 6.07) is 0. The summed E-state index contributed by atoms with van der Waals surface area (Å²) in [5, 5.41) is 0. The van der Waals surface area contributed by atoms with Crippen LogP contribution in [0.2, 0.25) is 0 Å². The predicted octanol–water partition coefficient (Wildman–Crippen LogP) is -0.800. The second kappa shape index (κ2) is 9.06. The van der Waals surface area contributed by atoms with Gasteiger partial charge in [-0.05, 0) is 0 Å². The van der Waals surface area contributed by atoms with E-state index in [1.54, 1.807) is 0 Å². The van der Waals surface area contributed by atoms with Crippen LogP contribution in [0.4, 0.5) is 0 Å². The number of rotatable bonds is 0. The topological polar surface area (TPSA) is 17.1 Å². The van der Waals surface area contributed by atoms with Gasteiger partial charge in [0.05, 0.1) is 0 Å². The van der Waals surface area contributed by atoms with Crippen molar-refractivity contribution in [2.75, 3.05) is 0 Å². The zero-order valence-electron chi connectivity index (χ0n) is 1.91. The summed E-state index contributed by atoms with van der Waals surface area (Å²) in [4.78, 5) is 8.68. The van der Waals surface area contributed by atoms with Crippen molar-refractivity contribution < 1.29 is 4.79 Å². The second-order valence-corrected chi connectivity index (χ2v) is 0.204. The summed E-state index contributed by atoms with van der Waals surface area (Å²) < 4.78 is 0. The third-order valence-electron chi connectivity index (χ3n) is 0. The molecule has 1 nitrogen and oxygen atoms in total. The molecule has 0 aromatic rings. The van der Waals surface area contributed by atoms with E-state index in [1.165, 1.54) is 13.2 Å². The molecule has 0 amide bonds. The Bertz CT molecular complexity index is 13.5. The maximum atomic E-state index is 8.68. The summed E-state index contributed by atoms with van der Waals surface area (Å²) in [5.74, 6) is 0. The van der Waals surface area contributed by atoms with Crippen LogP contribution in [-0.4, -0.2) is 44.0 Å². The molecule has 0 aromatic heterocycles. The van der Waals surface area contributed by atoms with E-state index in [0.29, 0.717) is 0 Å². The van der Waals surface area contributed by atoms with Gasteiger partial charge in [-0.3, -0.25) is 4.79 Å². The standard InChI is InChI=1S/C2H3O.Ca.2H/c1-2-3;;;/h1H3;;;. The van der Waals surface area contributed by atoms with Crippen molar-refractivity contribution >= 4 is 44.0 Å². The van der Waals surface area contributed by atoms with Crippen molar-refractivity contribution in [2.24, 2.45) is 0 Å². The molecule has 0 spiro atoms. The Kier molecular flexibility index (Phi) is 20.1. The molecule has 0 saturated carbocycles. The molecule has 0 saturated heterocycles. The van der Waals surface area contributed by atoms with Gasteiger partial charge in [-0.1, -0.05) is 0 Å². The van der Waals surface area contributed by atoms with Gasteiger partial charge in [0.2, 0.25) is 0 Å². The van der Waals surface area contributed by atoms with Crippen molar-refractivity contribution in [1.29, 1.82) is 0 Å². The van der Waals surface area contributed by atoms with Crippen LogP contribution in [0, 0.1) is 0 Å². The van der Waals surface area contributed by atoms with Gasteiger partial charge in [-0.15, -0.1) is 0 Å². The molecule has 0 N–H and O–H groups in total. The fourth-order valence-electron chi connectivity index (χ4n) is 0. The van der Waals surface area contributed by atoms with Gasteiger partial charge in [0.15, 0.2) is 6.29 Å². The van der Waals surface area contributed by atoms with Crippen molar-refractivity contribution in [1.82, 2.24) is 0 Å². The molecule has 2 heteroatoms. The fourth-order valence-corrected chi connectivity index (χ4v) is 0. The SMILES string of the molecule is C[C]=O.[CaH2]. The first-order chi connectivity index (χ1) is 1.41. The normalized spacial score (nSPS) is 3.25. The molecule has 4 heavy (non-hydrogen) atoms. The minimum absolute atomic E-state index is 0. The molecule has 0 aromatic carbocycles. The Balaban J connectivity index is 0. The summed E-state index contributed by atoms with van der Waals surface area (Å²) in [7, 11) is 0. The van der Waals surface area contributed by atoms with Crippen LogP contribution in [0.5, 0.6) is 0 Å². The van der Waals surface area contributed by atoms with E-state index in [-0.39, 0.29) is 37.7 Å². The van der Waals surface area contributed by atoms with E-state index in [4.69, 9.17) is 4.79 Å². The van der Waals surface area contributed by atoms with Gasteiger partial charge in [0, 0.05) is 6.92 Å². The quantitative estimate of drug-likeness (QED) is 0.352. The molecular formula is C2H5CaO. The third-order valence-corrected chi connectivity index (χ3v) is 0. The van der Waals surface area contributed by atoms with Crippen LogP contribution >= 0.6 is 0 Å². The van der Waals surface area contributed by atoms with Crippen LogP contribution in [0.15, 0.2) is 0 Å². The van der Waals surface area contributed by atoms with Crippen molar-refractivity contribution in [3.8, 4) is 0 Å². The Labute approximate surface area is 55.4 Å². The molecule has 0 bridgehead atoms. The number of carbonyl (C=O) groups excluding carboxylic acids is 1. The van der Waals surface area contributed by atoms with E-state index in [0.717, 1.165) is 0 Å². The van der Waals surface area contributed by atoms with E-state index >= 15 is 0 Å². The molecule has 0 heterocycles. The van der Waals surface area contributed by atoms with Crippen LogP contribution in [-0.2, 0) is 4.79 Å². The van der Waals surface area contributed by atoms with Crippen molar-refractivity contribution in [3.05, 3.63) is 0 Å². The van der Waals surface area contributed by atoms with Crippen molar-refractivity contribution in [3.63, 3.8) is 0 Å². The average Bonchev–Trinajstić information content (AvgIpc) is 0.918. The molecule has 0 aliphatic heterocycles. The van der Waals surface area contributed by atoms with E-state index in [1.807, 2.05) is 0 Å². The summed E-state index contributed by atoms with van der Waals surface area (Å²) in [5.41, 5.74) is 0. The molecule has 0 aliphatic rings. The molecule has 0 atom stereocenters. The predicted molar refractivity (Wildman–Crippen MR) is 19.9 cm³/mol. The molecule has 0 unspecified atom stereocenters. The first-order valence-corrected chi connectivity index (χ1v) is 0.704. The first kappa shape index (κ1) is 8.87. The zero-order chi connectivity index (χ0) is 2.71. The van der Waals surface area contributed by atoms with Gasteiger partial charge in [0.1, 0.15) is 0 Å². The van der Waals surface area contributed by atoms with Gasteiger partial charge in [-0.2, -0.15) is 0 Å². The van der Waals surface area contributed by atoms with Gasteiger partial charge >= 0.3 is 37.7 Å². The second-order valence-electron chi connectivity index (χ2n) is 0.204. The third kappa shape index (κ3) is 12.6. The summed E-state index contributed by atoms with van der Waals surface area (Å²) in [6.45, 7) is 1.32. The molecular weight excluding hydrogens is 80.1 g/mol. The zero-order valence-corrected chi connectivity index (χ0v) is 1.91.